The Labute approximate surface area is 160 Å². The Morgan fingerprint density at radius 2 is 2.07 bits per heavy atom. The fourth-order valence-corrected chi connectivity index (χ4v) is 3.13. The summed E-state index contributed by atoms with van der Waals surface area (Å²) < 4.78 is 5.10. The van der Waals surface area contributed by atoms with Crippen LogP contribution in [-0.2, 0) is 9.59 Å². The molecule has 138 valence electrons. The van der Waals surface area contributed by atoms with Crippen LogP contribution in [0.4, 0.5) is 5.13 Å². The van der Waals surface area contributed by atoms with Gasteiger partial charge in [-0.25, -0.2) is 4.98 Å². The second-order valence-corrected chi connectivity index (χ2v) is 6.65. The first-order chi connectivity index (χ1) is 13.1. The van der Waals surface area contributed by atoms with Crippen LogP contribution in [-0.4, -0.2) is 23.3 Å². The topological polar surface area (TPSA) is 84.2 Å². The Bertz CT molecular complexity index is 945. The summed E-state index contributed by atoms with van der Waals surface area (Å²) in [5, 5.41) is 7.88. The highest BCUT2D eigenvalue weighted by Crippen LogP contribution is 2.27. The highest BCUT2D eigenvalue weighted by atomic mass is 32.1. The molecule has 3 rings (SSSR count). The van der Waals surface area contributed by atoms with Crippen LogP contribution in [0.3, 0.4) is 0 Å². The molecule has 0 radical (unpaired) electrons. The fourth-order valence-electron chi connectivity index (χ4n) is 2.40. The van der Waals surface area contributed by atoms with Gasteiger partial charge in [-0.05, 0) is 30.7 Å². The average molecular weight is 381 g/mol. The number of furan rings is 1. The zero-order chi connectivity index (χ0) is 19.1. The summed E-state index contributed by atoms with van der Waals surface area (Å²) in [7, 11) is 0. The van der Waals surface area contributed by atoms with E-state index in [0.29, 0.717) is 10.9 Å². The molecule has 0 atom stereocenters. The molecular weight excluding hydrogens is 362 g/mol. The van der Waals surface area contributed by atoms with Crippen molar-refractivity contribution in [1.82, 2.24) is 10.3 Å². The number of carbonyl (C=O) groups excluding carboxylic acids is 2. The summed E-state index contributed by atoms with van der Waals surface area (Å²) in [5.74, 6) is 0.113. The molecule has 0 fully saturated rings. The molecule has 0 aliphatic heterocycles. The van der Waals surface area contributed by atoms with Crippen molar-refractivity contribution in [1.29, 1.82) is 0 Å². The van der Waals surface area contributed by atoms with Crippen LogP contribution in [0.1, 0.15) is 17.7 Å². The van der Waals surface area contributed by atoms with E-state index in [0.717, 1.165) is 16.8 Å². The number of nitrogens with one attached hydrogen (secondary N) is 2. The molecule has 2 N–H and O–H groups in total. The van der Waals surface area contributed by atoms with Crippen LogP contribution in [0.15, 0.2) is 58.5 Å². The van der Waals surface area contributed by atoms with E-state index in [1.165, 1.54) is 23.7 Å². The smallest absolute Gasteiger partial charge is 0.244 e. The molecule has 3 aromatic rings. The standard InChI is InChI=1S/C20H19N3O3S/c1-14-5-2-3-7-16(14)17-13-27-20(22-17)23-19(25)10-11-21-18(24)9-8-15-6-4-12-26-15/h2-9,12-13H,10-11H2,1H3,(H,21,24)(H,22,23,25)/b9-8+. The van der Waals surface area contributed by atoms with E-state index < -0.39 is 0 Å². The van der Waals surface area contributed by atoms with Gasteiger partial charge < -0.3 is 15.1 Å². The summed E-state index contributed by atoms with van der Waals surface area (Å²) in [5.41, 5.74) is 3.01. The van der Waals surface area contributed by atoms with Crippen LogP contribution >= 0.6 is 11.3 Å². The Hall–Kier alpha value is -3.19. The molecule has 0 unspecified atom stereocenters. The van der Waals surface area contributed by atoms with Gasteiger partial charge in [0.2, 0.25) is 11.8 Å². The molecule has 2 aromatic heterocycles. The van der Waals surface area contributed by atoms with Gasteiger partial charge in [-0.3, -0.25) is 9.59 Å². The number of benzene rings is 1. The number of thiazole rings is 1. The average Bonchev–Trinajstić information content (AvgIpc) is 3.32. The minimum absolute atomic E-state index is 0.166. The maximum atomic E-state index is 12.0. The van der Waals surface area contributed by atoms with Crippen LogP contribution in [0.2, 0.25) is 0 Å². The first-order valence-electron chi connectivity index (χ1n) is 8.42. The van der Waals surface area contributed by atoms with Crippen LogP contribution < -0.4 is 10.6 Å². The van der Waals surface area contributed by atoms with Gasteiger partial charge in [0.1, 0.15) is 5.76 Å². The Morgan fingerprint density at radius 1 is 1.22 bits per heavy atom. The number of anilines is 1. The molecule has 2 amide bonds. The lowest BCUT2D eigenvalue weighted by molar-refractivity contribution is -0.117. The minimum atomic E-state index is -0.282. The van der Waals surface area contributed by atoms with Gasteiger partial charge >= 0.3 is 0 Å². The molecule has 0 aliphatic rings. The van der Waals surface area contributed by atoms with Gasteiger partial charge in [0, 0.05) is 30.0 Å². The van der Waals surface area contributed by atoms with Crippen molar-refractivity contribution in [3.63, 3.8) is 0 Å². The van der Waals surface area contributed by atoms with Gasteiger partial charge in [0.25, 0.3) is 0 Å². The van der Waals surface area contributed by atoms with E-state index in [-0.39, 0.29) is 24.8 Å². The van der Waals surface area contributed by atoms with E-state index in [1.54, 1.807) is 18.2 Å². The number of hydrogen-bond acceptors (Lipinski definition) is 5. The third-order valence-electron chi connectivity index (χ3n) is 3.77. The molecule has 2 heterocycles. The number of aryl methyl sites for hydroxylation is 1. The molecule has 0 bridgehead atoms. The van der Waals surface area contributed by atoms with Crippen molar-refractivity contribution in [3.05, 3.63) is 65.4 Å². The maximum Gasteiger partial charge on any atom is 0.244 e. The van der Waals surface area contributed by atoms with E-state index in [4.69, 9.17) is 4.42 Å². The van der Waals surface area contributed by atoms with Crippen LogP contribution in [0, 0.1) is 6.92 Å². The third kappa shape index (κ3) is 5.39. The number of amides is 2. The second kappa shape index (κ2) is 8.95. The van der Waals surface area contributed by atoms with E-state index in [9.17, 15) is 9.59 Å². The Morgan fingerprint density at radius 3 is 2.85 bits per heavy atom. The highest BCUT2D eigenvalue weighted by Gasteiger charge is 2.09. The van der Waals surface area contributed by atoms with Gasteiger partial charge in [-0.1, -0.05) is 24.3 Å². The summed E-state index contributed by atoms with van der Waals surface area (Å²) >= 11 is 1.38. The monoisotopic (exact) mass is 381 g/mol. The first kappa shape index (κ1) is 18.6. The lowest BCUT2D eigenvalue weighted by Gasteiger charge is -2.03. The van der Waals surface area contributed by atoms with E-state index >= 15 is 0 Å². The number of carbonyl (C=O) groups is 2. The zero-order valence-electron chi connectivity index (χ0n) is 14.8. The van der Waals surface area contributed by atoms with Gasteiger partial charge in [0.15, 0.2) is 5.13 Å². The first-order valence-corrected chi connectivity index (χ1v) is 9.30. The van der Waals surface area contributed by atoms with E-state index in [1.807, 2.05) is 36.6 Å². The molecular formula is C20H19N3O3S. The minimum Gasteiger partial charge on any atom is -0.465 e. The lowest BCUT2D eigenvalue weighted by Crippen LogP contribution is -2.26. The third-order valence-corrected chi connectivity index (χ3v) is 4.52. The second-order valence-electron chi connectivity index (χ2n) is 5.79. The van der Waals surface area contributed by atoms with Gasteiger partial charge in [0.05, 0.1) is 12.0 Å². The zero-order valence-corrected chi connectivity index (χ0v) is 15.6. The largest absolute Gasteiger partial charge is 0.465 e. The molecule has 0 aliphatic carbocycles. The molecule has 0 saturated heterocycles. The summed E-state index contributed by atoms with van der Waals surface area (Å²) in [6.07, 6.45) is 4.63. The molecule has 1 aromatic carbocycles. The normalized spacial score (nSPS) is 10.9. The number of aromatic nitrogens is 1. The molecule has 0 spiro atoms. The highest BCUT2D eigenvalue weighted by molar-refractivity contribution is 7.14. The number of nitrogens with zero attached hydrogens (tertiary/aromatic N) is 1. The molecule has 27 heavy (non-hydrogen) atoms. The predicted molar refractivity (Wildman–Crippen MR) is 106 cm³/mol. The molecule has 6 nitrogen and oxygen atoms in total. The molecule has 7 heteroatoms. The fraction of sp³-hybridized carbons (Fsp3) is 0.150. The van der Waals surface area contributed by atoms with Crippen molar-refractivity contribution >= 4 is 34.4 Å². The van der Waals surface area contributed by atoms with Crippen LogP contribution in [0.5, 0.6) is 0 Å². The van der Waals surface area contributed by atoms with Crippen molar-refractivity contribution in [2.24, 2.45) is 0 Å². The Kier molecular flexibility index (Phi) is 6.17. The number of rotatable bonds is 7. The van der Waals surface area contributed by atoms with Crippen molar-refractivity contribution in [3.8, 4) is 11.3 Å². The quantitative estimate of drug-likeness (QED) is 0.609. The van der Waals surface area contributed by atoms with Gasteiger partial charge in [-0.15, -0.1) is 11.3 Å². The Balaban J connectivity index is 1.45. The summed E-state index contributed by atoms with van der Waals surface area (Å²) in [6.45, 7) is 2.26. The summed E-state index contributed by atoms with van der Waals surface area (Å²) in [4.78, 5) is 28.2. The van der Waals surface area contributed by atoms with E-state index in [2.05, 4.69) is 15.6 Å². The van der Waals surface area contributed by atoms with Crippen molar-refractivity contribution < 1.29 is 14.0 Å². The predicted octanol–water partition coefficient (Wildman–Crippen LogP) is 3.87. The maximum absolute atomic E-state index is 12.0. The summed E-state index contributed by atoms with van der Waals surface area (Å²) in [6, 6.07) is 11.5. The number of hydrogen-bond donors (Lipinski definition) is 2. The van der Waals surface area contributed by atoms with Crippen LogP contribution in [0.25, 0.3) is 17.3 Å². The SMILES string of the molecule is Cc1ccccc1-c1csc(NC(=O)CCNC(=O)/C=C/c2ccco2)n1. The van der Waals surface area contributed by atoms with Crippen molar-refractivity contribution in [2.45, 2.75) is 13.3 Å². The van der Waals surface area contributed by atoms with Gasteiger partial charge in [-0.2, -0.15) is 0 Å². The van der Waals surface area contributed by atoms with Crippen molar-refractivity contribution in [2.75, 3.05) is 11.9 Å². The lowest BCUT2D eigenvalue weighted by atomic mass is 10.1. The molecule has 0 saturated carbocycles.